The molecule has 0 saturated heterocycles. The highest BCUT2D eigenvalue weighted by atomic mass is 35.5. The third-order valence-electron chi connectivity index (χ3n) is 4.78. The Morgan fingerprint density at radius 1 is 1.12 bits per heavy atom. The number of carbonyl (C=O) groups excluding carboxylic acids is 1. The van der Waals surface area contributed by atoms with Gasteiger partial charge >= 0.3 is 5.97 Å². The van der Waals surface area contributed by atoms with Crippen molar-refractivity contribution in [3.63, 3.8) is 0 Å². The van der Waals surface area contributed by atoms with E-state index in [1.807, 2.05) is 12.2 Å². The molecule has 4 atom stereocenters. The van der Waals surface area contributed by atoms with Gasteiger partial charge in [-0.2, -0.15) is 0 Å². The van der Waals surface area contributed by atoms with Crippen LogP contribution < -0.4 is 14.8 Å². The average Bonchev–Trinajstić information content (AvgIpc) is 3.16. The van der Waals surface area contributed by atoms with Crippen molar-refractivity contribution in [2.24, 2.45) is 23.7 Å². The van der Waals surface area contributed by atoms with Crippen LogP contribution in [-0.2, 0) is 9.59 Å². The van der Waals surface area contributed by atoms with Crippen LogP contribution in [0.5, 0.6) is 11.5 Å². The second-order valence-corrected chi connectivity index (χ2v) is 6.42. The fourth-order valence-corrected chi connectivity index (χ4v) is 3.93. The van der Waals surface area contributed by atoms with E-state index in [0.717, 1.165) is 0 Å². The lowest BCUT2D eigenvalue weighted by atomic mass is 9.82. The molecule has 0 spiro atoms. The van der Waals surface area contributed by atoms with E-state index in [0.29, 0.717) is 28.6 Å². The lowest BCUT2D eigenvalue weighted by Crippen LogP contribution is -2.36. The first-order valence-electron chi connectivity index (χ1n) is 7.59. The lowest BCUT2D eigenvalue weighted by molar-refractivity contribution is -0.146. The van der Waals surface area contributed by atoms with E-state index in [1.54, 1.807) is 6.07 Å². The molecule has 2 aliphatic rings. The Labute approximate surface area is 144 Å². The summed E-state index contributed by atoms with van der Waals surface area (Å²) in [6, 6.07) is 3.11. The first kappa shape index (κ1) is 16.6. The summed E-state index contributed by atoms with van der Waals surface area (Å²) in [5.41, 5.74) is 0.393. The van der Waals surface area contributed by atoms with E-state index >= 15 is 0 Å². The smallest absolute Gasteiger partial charge is 0.307 e. The van der Waals surface area contributed by atoms with Gasteiger partial charge in [-0.15, -0.1) is 0 Å². The number of nitrogens with one attached hydrogen (secondary N) is 1. The quantitative estimate of drug-likeness (QED) is 0.797. The molecule has 0 aliphatic heterocycles. The van der Waals surface area contributed by atoms with Crippen LogP contribution in [0, 0.1) is 23.7 Å². The number of rotatable bonds is 5. The number of benzene rings is 1. The van der Waals surface area contributed by atoms with Gasteiger partial charge in [-0.05, 0) is 24.3 Å². The van der Waals surface area contributed by atoms with E-state index in [1.165, 1.54) is 20.3 Å². The van der Waals surface area contributed by atoms with E-state index in [9.17, 15) is 14.7 Å². The number of allylic oxidation sites excluding steroid dienone is 2. The Morgan fingerprint density at radius 2 is 1.75 bits per heavy atom. The fourth-order valence-electron chi connectivity index (χ4n) is 3.69. The highest BCUT2D eigenvalue weighted by Crippen LogP contribution is 2.48. The molecule has 2 aliphatic carbocycles. The highest BCUT2D eigenvalue weighted by molar-refractivity contribution is 6.32. The van der Waals surface area contributed by atoms with E-state index in [-0.39, 0.29) is 17.7 Å². The van der Waals surface area contributed by atoms with Crippen LogP contribution in [-0.4, -0.2) is 31.2 Å². The molecule has 0 radical (unpaired) electrons. The van der Waals surface area contributed by atoms with Gasteiger partial charge in [0.25, 0.3) is 0 Å². The summed E-state index contributed by atoms with van der Waals surface area (Å²) in [7, 11) is 2.95. The van der Waals surface area contributed by atoms with Crippen LogP contribution in [0.1, 0.15) is 6.42 Å². The van der Waals surface area contributed by atoms with Crippen molar-refractivity contribution >= 4 is 29.2 Å². The van der Waals surface area contributed by atoms with Gasteiger partial charge in [0.2, 0.25) is 5.91 Å². The number of carboxylic acid groups (broad SMARTS) is 1. The summed E-state index contributed by atoms with van der Waals surface area (Å²) in [4.78, 5) is 24.3. The minimum absolute atomic E-state index is 0.0455. The van der Waals surface area contributed by atoms with Crippen molar-refractivity contribution < 1.29 is 24.2 Å². The zero-order chi connectivity index (χ0) is 17.4. The topological polar surface area (TPSA) is 84.9 Å². The number of carboxylic acids is 1. The predicted octanol–water partition coefficient (Wildman–Crippen LogP) is 2.82. The van der Waals surface area contributed by atoms with Crippen LogP contribution in [0.15, 0.2) is 24.3 Å². The van der Waals surface area contributed by atoms with E-state index < -0.39 is 17.8 Å². The van der Waals surface area contributed by atoms with Gasteiger partial charge in [0.1, 0.15) is 11.5 Å². The molecule has 128 valence electrons. The van der Waals surface area contributed by atoms with Crippen LogP contribution in [0.3, 0.4) is 0 Å². The molecule has 1 saturated carbocycles. The normalized spacial score (nSPS) is 27.1. The molecule has 2 bridgehead atoms. The minimum atomic E-state index is -0.938. The number of hydrogen-bond donors (Lipinski definition) is 2. The summed E-state index contributed by atoms with van der Waals surface area (Å²) in [5.74, 6) is -1.86. The number of fused-ring (bicyclic) bond motifs is 2. The molecule has 24 heavy (non-hydrogen) atoms. The molecule has 1 amide bonds. The van der Waals surface area contributed by atoms with Gasteiger partial charge in [0.05, 0.1) is 36.8 Å². The van der Waals surface area contributed by atoms with Crippen molar-refractivity contribution in [2.45, 2.75) is 6.42 Å². The number of hydrogen-bond acceptors (Lipinski definition) is 4. The predicted molar refractivity (Wildman–Crippen MR) is 88.5 cm³/mol. The van der Waals surface area contributed by atoms with Gasteiger partial charge in [-0.3, -0.25) is 9.59 Å². The summed E-state index contributed by atoms with van der Waals surface area (Å²) in [6.07, 6.45) is 4.54. The molecule has 2 N–H and O–H groups in total. The Bertz CT molecular complexity index is 717. The maximum atomic E-state index is 12.7. The molecule has 1 aromatic rings. The van der Waals surface area contributed by atoms with Crippen molar-refractivity contribution in [3.05, 3.63) is 29.3 Å². The highest BCUT2D eigenvalue weighted by Gasteiger charge is 2.51. The maximum Gasteiger partial charge on any atom is 0.307 e. The fraction of sp³-hybridized carbons (Fsp3) is 0.412. The van der Waals surface area contributed by atoms with Crippen molar-refractivity contribution in [2.75, 3.05) is 19.5 Å². The lowest BCUT2D eigenvalue weighted by Gasteiger charge is -2.24. The van der Waals surface area contributed by atoms with Gasteiger partial charge in [-0.25, -0.2) is 0 Å². The Hall–Kier alpha value is -2.21. The van der Waals surface area contributed by atoms with Gasteiger partial charge in [-0.1, -0.05) is 23.8 Å². The molecule has 7 heteroatoms. The number of amides is 1. The molecule has 0 unspecified atom stereocenters. The second-order valence-electron chi connectivity index (χ2n) is 6.01. The molecule has 0 heterocycles. The molecule has 0 aromatic heterocycles. The molecule has 1 fully saturated rings. The zero-order valence-corrected chi connectivity index (χ0v) is 14.0. The molecule has 1 aromatic carbocycles. The van der Waals surface area contributed by atoms with E-state index in [4.69, 9.17) is 21.1 Å². The third kappa shape index (κ3) is 2.71. The largest absolute Gasteiger partial charge is 0.495 e. The number of methoxy groups -OCH3 is 2. The monoisotopic (exact) mass is 351 g/mol. The molecular weight excluding hydrogens is 334 g/mol. The molecule has 6 nitrogen and oxygen atoms in total. The number of carbonyl (C=O) groups is 2. The van der Waals surface area contributed by atoms with E-state index in [2.05, 4.69) is 5.32 Å². The summed E-state index contributed by atoms with van der Waals surface area (Å²) < 4.78 is 10.4. The van der Waals surface area contributed by atoms with Crippen LogP contribution in [0.4, 0.5) is 5.69 Å². The second kappa shape index (κ2) is 6.36. The number of aliphatic carboxylic acids is 1. The first-order chi connectivity index (χ1) is 11.5. The summed E-state index contributed by atoms with van der Waals surface area (Å²) in [6.45, 7) is 0. The Balaban J connectivity index is 1.86. The Morgan fingerprint density at radius 3 is 2.33 bits per heavy atom. The van der Waals surface area contributed by atoms with Crippen molar-refractivity contribution in [1.82, 2.24) is 0 Å². The van der Waals surface area contributed by atoms with Gasteiger partial charge in [0, 0.05) is 6.07 Å². The Kier molecular flexibility index (Phi) is 4.41. The van der Waals surface area contributed by atoms with Crippen molar-refractivity contribution in [3.8, 4) is 11.5 Å². The van der Waals surface area contributed by atoms with Gasteiger partial charge < -0.3 is 19.9 Å². The van der Waals surface area contributed by atoms with Gasteiger partial charge in [0.15, 0.2) is 0 Å². The number of ether oxygens (including phenoxy) is 2. The first-order valence-corrected chi connectivity index (χ1v) is 7.97. The zero-order valence-electron chi connectivity index (χ0n) is 13.3. The minimum Gasteiger partial charge on any atom is -0.495 e. The third-order valence-corrected chi connectivity index (χ3v) is 5.07. The van der Waals surface area contributed by atoms with Crippen molar-refractivity contribution in [1.29, 1.82) is 0 Å². The standard InChI is InChI=1S/C17H18ClNO5/c1-23-12-7-13(24-2)11(6-10(12)18)19-16(20)14-8-3-4-9(5-8)15(14)17(21)22/h3-4,6-9,14-15H,5H2,1-2H3,(H,19,20)(H,21,22)/t8-,9-,14+,15-/m0/s1. The molecular formula is C17H18ClNO5. The van der Waals surface area contributed by atoms with Crippen LogP contribution in [0.2, 0.25) is 5.02 Å². The van der Waals surface area contributed by atoms with Crippen LogP contribution in [0.25, 0.3) is 0 Å². The summed E-state index contributed by atoms with van der Waals surface area (Å²) >= 11 is 6.11. The maximum absolute atomic E-state index is 12.7. The number of halogens is 1. The SMILES string of the molecule is COc1cc(OC)c(NC(=O)[C@H]2[C@@H](C(=O)O)[C@H]3C=C[C@H]2C3)cc1Cl. The average molecular weight is 352 g/mol. The van der Waals surface area contributed by atoms with Crippen LogP contribution >= 0.6 is 11.6 Å². The summed E-state index contributed by atoms with van der Waals surface area (Å²) in [5, 5.41) is 12.6. The molecule has 3 rings (SSSR count). The number of anilines is 1.